The van der Waals surface area contributed by atoms with Crippen molar-refractivity contribution in [2.75, 3.05) is 39.6 Å². The molecular weight excluding hydrogens is 1320 g/mol. The van der Waals surface area contributed by atoms with Crippen LogP contribution in [0, 0.1) is 23.7 Å². The Morgan fingerprint density at radius 1 is 0.277 bits per heavy atom. The van der Waals surface area contributed by atoms with E-state index in [0.717, 1.165) is 114 Å². The number of ether oxygens (including phenoxy) is 4. The summed E-state index contributed by atoms with van der Waals surface area (Å²) < 4.78 is 68.7. The zero-order valence-corrected chi connectivity index (χ0v) is 68.3. The second-order valence-electron chi connectivity index (χ2n) is 31.2. The van der Waals surface area contributed by atoms with Crippen molar-refractivity contribution >= 4 is 39.5 Å². The molecule has 3 unspecified atom stereocenters. The Morgan fingerprint density at radius 2 is 0.475 bits per heavy atom. The highest BCUT2D eigenvalue weighted by Crippen LogP contribution is 2.45. The van der Waals surface area contributed by atoms with E-state index in [1.165, 1.54) is 225 Å². The number of unbranched alkanes of at least 4 members (excludes halogenated alkanes) is 44. The zero-order chi connectivity index (χ0) is 74.6. The summed E-state index contributed by atoms with van der Waals surface area (Å²) in [6, 6.07) is 0. The number of hydrogen-bond acceptors (Lipinski definition) is 15. The van der Waals surface area contributed by atoms with Crippen molar-refractivity contribution in [3.05, 3.63) is 0 Å². The van der Waals surface area contributed by atoms with Crippen LogP contribution in [0.2, 0.25) is 0 Å². The van der Waals surface area contributed by atoms with Crippen molar-refractivity contribution in [2.24, 2.45) is 23.7 Å². The van der Waals surface area contributed by atoms with Crippen molar-refractivity contribution in [1.82, 2.24) is 0 Å². The van der Waals surface area contributed by atoms with E-state index < -0.39 is 97.5 Å². The molecule has 0 aliphatic carbocycles. The average molecular weight is 1480 g/mol. The lowest BCUT2D eigenvalue weighted by molar-refractivity contribution is -0.161. The van der Waals surface area contributed by atoms with Gasteiger partial charge in [0.25, 0.3) is 0 Å². The Kier molecular flexibility index (Phi) is 69.6. The van der Waals surface area contributed by atoms with E-state index in [1.54, 1.807) is 0 Å². The van der Waals surface area contributed by atoms with Crippen LogP contribution in [-0.2, 0) is 65.4 Å². The van der Waals surface area contributed by atoms with Gasteiger partial charge in [0.1, 0.15) is 19.3 Å². The third-order valence-electron chi connectivity index (χ3n) is 19.4. The fourth-order valence-corrected chi connectivity index (χ4v) is 14.2. The minimum absolute atomic E-state index is 0.105. The van der Waals surface area contributed by atoms with Crippen LogP contribution in [0.25, 0.3) is 0 Å². The summed E-state index contributed by atoms with van der Waals surface area (Å²) in [6.45, 7) is 14.3. The van der Waals surface area contributed by atoms with Crippen LogP contribution >= 0.6 is 15.6 Å². The maximum absolute atomic E-state index is 13.1. The number of phosphoric ester groups is 2. The number of rotatable bonds is 79. The second kappa shape index (κ2) is 71.0. The molecule has 0 rings (SSSR count). The molecule has 0 bridgehead atoms. The molecule has 6 atom stereocenters. The van der Waals surface area contributed by atoms with Gasteiger partial charge in [-0.3, -0.25) is 37.3 Å². The molecule has 3 N–H and O–H groups in total. The minimum atomic E-state index is -4.96. The normalized spacial score (nSPS) is 14.3. The summed E-state index contributed by atoms with van der Waals surface area (Å²) >= 11 is 0. The summed E-state index contributed by atoms with van der Waals surface area (Å²) in [7, 11) is -9.92. The SMILES string of the molecule is CCC(C)CCCCCCCCCCCCCCCCCCCCC(=O)O[C@H](COC(=O)CCCCCCCCCCCCCC(C)C)COP(=O)(O)OC[C@@H](O)COP(=O)(O)OC[C@@H](COC(=O)CCCCCCCCCCCC(C)C)OC(=O)CCCCCCCCCCCCC(C)C. The Bertz CT molecular complexity index is 1970. The first-order valence-electron chi connectivity index (χ1n) is 42.2. The fraction of sp³-hybridized carbons (Fsp3) is 0.951. The van der Waals surface area contributed by atoms with E-state index in [1.807, 2.05) is 0 Å². The molecule has 0 spiro atoms. The van der Waals surface area contributed by atoms with Gasteiger partial charge in [-0.1, -0.05) is 370 Å². The van der Waals surface area contributed by atoms with E-state index in [-0.39, 0.29) is 25.7 Å². The van der Waals surface area contributed by atoms with Crippen LogP contribution in [-0.4, -0.2) is 96.7 Å². The van der Waals surface area contributed by atoms with E-state index in [2.05, 4.69) is 55.4 Å². The minimum Gasteiger partial charge on any atom is -0.462 e. The van der Waals surface area contributed by atoms with Crippen LogP contribution < -0.4 is 0 Å². The lowest BCUT2D eigenvalue weighted by Crippen LogP contribution is -2.30. The van der Waals surface area contributed by atoms with Gasteiger partial charge < -0.3 is 33.8 Å². The molecule has 0 amide bonds. The molecule has 19 heteroatoms. The highest BCUT2D eigenvalue weighted by Gasteiger charge is 2.30. The van der Waals surface area contributed by atoms with Crippen molar-refractivity contribution in [3.8, 4) is 0 Å². The summed E-state index contributed by atoms with van der Waals surface area (Å²) in [6.07, 6.45) is 58.3. The van der Waals surface area contributed by atoms with E-state index in [4.69, 9.17) is 37.0 Å². The first-order chi connectivity index (χ1) is 48.6. The molecule has 0 aromatic carbocycles. The topological polar surface area (TPSA) is 237 Å². The molecule has 600 valence electrons. The van der Waals surface area contributed by atoms with Crippen LogP contribution in [0.3, 0.4) is 0 Å². The Labute approximate surface area is 619 Å². The largest absolute Gasteiger partial charge is 0.472 e. The number of phosphoric acid groups is 2. The first-order valence-corrected chi connectivity index (χ1v) is 45.2. The second-order valence-corrected chi connectivity index (χ2v) is 34.1. The van der Waals surface area contributed by atoms with Gasteiger partial charge in [-0.2, -0.15) is 0 Å². The van der Waals surface area contributed by atoms with Gasteiger partial charge in [0, 0.05) is 25.7 Å². The van der Waals surface area contributed by atoms with Crippen molar-refractivity contribution in [1.29, 1.82) is 0 Å². The number of aliphatic hydroxyl groups is 1. The van der Waals surface area contributed by atoms with Crippen molar-refractivity contribution in [3.63, 3.8) is 0 Å². The van der Waals surface area contributed by atoms with Gasteiger partial charge >= 0.3 is 39.5 Å². The first kappa shape index (κ1) is 99.1. The fourth-order valence-electron chi connectivity index (χ4n) is 12.6. The predicted molar refractivity (Wildman–Crippen MR) is 414 cm³/mol. The molecule has 0 aromatic heterocycles. The highest BCUT2D eigenvalue weighted by atomic mass is 31.2. The van der Waals surface area contributed by atoms with Gasteiger partial charge in [0.15, 0.2) is 12.2 Å². The monoisotopic (exact) mass is 1480 g/mol. The smallest absolute Gasteiger partial charge is 0.462 e. The molecule has 17 nitrogen and oxygen atoms in total. The van der Waals surface area contributed by atoms with E-state index >= 15 is 0 Å². The Morgan fingerprint density at radius 3 is 0.703 bits per heavy atom. The lowest BCUT2D eigenvalue weighted by Gasteiger charge is -2.21. The van der Waals surface area contributed by atoms with E-state index in [9.17, 15) is 43.2 Å². The standard InChI is InChI=1S/C82H160O17P2/c1-9-75(8)61-53-45-37-29-20-16-14-12-10-11-13-15-17-21-31-40-48-56-64-81(86)98-77(68-92-79(84)62-54-46-38-30-22-18-19-26-34-42-50-58-72(2)3)70-96-100(88,89)94-66-76(83)67-95-101(90,91)97-71-78(69-93-80(85)63-55-47-39-33-25-28-36-44-52-60-74(6)7)99-82(87)65-57-49-41-32-24-23-27-35-43-51-59-73(4)5/h72-78,83H,9-71H2,1-8H3,(H,88,89)(H,90,91)/t75?,76-,77-,78-/m1/s1. The summed E-state index contributed by atoms with van der Waals surface area (Å²) in [5, 5.41) is 10.6. The molecular formula is C82H160O17P2. The quantitative estimate of drug-likeness (QED) is 0.0222. The van der Waals surface area contributed by atoms with Crippen molar-refractivity contribution < 1.29 is 80.2 Å². The summed E-state index contributed by atoms with van der Waals surface area (Å²) in [5.74, 6) is 1.02. The maximum atomic E-state index is 13.1. The number of carbonyl (C=O) groups is 4. The van der Waals surface area contributed by atoms with Gasteiger partial charge in [0.05, 0.1) is 26.4 Å². The third kappa shape index (κ3) is 74.7. The summed E-state index contributed by atoms with van der Waals surface area (Å²) in [4.78, 5) is 73.1. The molecule has 0 saturated heterocycles. The molecule has 0 radical (unpaired) electrons. The highest BCUT2D eigenvalue weighted by molar-refractivity contribution is 7.47. The third-order valence-corrected chi connectivity index (χ3v) is 21.3. The van der Waals surface area contributed by atoms with Gasteiger partial charge in [-0.15, -0.1) is 0 Å². The molecule has 0 saturated carbocycles. The number of hydrogen-bond donors (Lipinski definition) is 3. The molecule has 101 heavy (non-hydrogen) atoms. The number of aliphatic hydroxyl groups excluding tert-OH is 1. The predicted octanol–water partition coefficient (Wildman–Crippen LogP) is 24.4. The summed E-state index contributed by atoms with van der Waals surface area (Å²) in [5.41, 5.74) is 0. The maximum Gasteiger partial charge on any atom is 0.472 e. The Balaban J connectivity index is 5.23. The lowest BCUT2D eigenvalue weighted by atomic mass is 9.99. The number of esters is 4. The molecule has 0 heterocycles. The van der Waals surface area contributed by atoms with Crippen LogP contribution in [0.5, 0.6) is 0 Å². The van der Waals surface area contributed by atoms with Gasteiger partial charge in [0.2, 0.25) is 0 Å². The molecule has 0 aromatic rings. The Hall–Kier alpha value is -1.94. The van der Waals surface area contributed by atoms with Gasteiger partial charge in [-0.05, 0) is 49.4 Å². The van der Waals surface area contributed by atoms with Crippen LogP contribution in [0.15, 0.2) is 0 Å². The average Bonchev–Trinajstić information content (AvgIpc) is 0.912. The molecule has 0 fully saturated rings. The molecule has 0 aliphatic heterocycles. The van der Waals surface area contributed by atoms with Gasteiger partial charge in [-0.25, -0.2) is 9.13 Å². The van der Waals surface area contributed by atoms with Crippen LogP contribution in [0.1, 0.15) is 421 Å². The van der Waals surface area contributed by atoms with Crippen molar-refractivity contribution in [2.45, 2.75) is 440 Å². The number of carbonyl (C=O) groups excluding carboxylic acids is 4. The molecule has 0 aliphatic rings. The van der Waals surface area contributed by atoms with E-state index in [0.29, 0.717) is 25.7 Å². The van der Waals surface area contributed by atoms with Crippen LogP contribution in [0.4, 0.5) is 0 Å². The zero-order valence-electron chi connectivity index (χ0n) is 66.5.